The van der Waals surface area contributed by atoms with Gasteiger partial charge in [-0.25, -0.2) is 9.50 Å². The maximum atomic E-state index is 12.6. The summed E-state index contributed by atoms with van der Waals surface area (Å²) in [6.45, 7) is 0. The molecule has 0 amide bonds. The van der Waals surface area contributed by atoms with Crippen LogP contribution < -0.4 is 10.3 Å². The molecule has 0 spiro atoms. The molecule has 0 unspecified atom stereocenters. The molecule has 2 N–H and O–H groups in total. The quantitative estimate of drug-likeness (QED) is 0.606. The van der Waals surface area contributed by atoms with Crippen molar-refractivity contribution in [3.05, 3.63) is 59.3 Å². The number of methoxy groups -OCH3 is 1. The van der Waals surface area contributed by atoms with Gasteiger partial charge in [0.25, 0.3) is 5.56 Å². The molecule has 0 atom stereocenters. The van der Waals surface area contributed by atoms with Gasteiger partial charge in [-0.3, -0.25) is 15.0 Å². The van der Waals surface area contributed by atoms with Crippen LogP contribution in [-0.4, -0.2) is 31.9 Å². The Morgan fingerprint density at radius 3 is 2.78 bits per heavy atom. The minimum Gasteiger partial charge on any atom is -0.496 e. The van der Waals surface area contributed by atoms with Crippen molar-refractivity contribution >= 4 is 5.65 Å². The summed E-state index contributed by atoms with van der Waals surface area (Å²) >= 11 is 0. The molecule has 4 rings (SSSR count). The third-order valence-corrected chi connectivity index (χ3v) is 3.73. The van der Waals surface area contributed by atoms with Gasteiger partial charge in [-0.1, -0.05) is 18.2 Å². The summed E-state index contributed by atoms with van der Waals surface area (Å²) in [5, 5.41) is 9.61. The topological polar surface area (TPSA) is 88.1 Å². The fourth-order valence-electron chi connectivity index (χ4n) is 2.61. The number of H-pyrrole nitrogens is 2. The number of fused-ring (bicyclic) bond motifs is 1. The number of hydrogen-bond acceptors (Lipinski definition) is 4. The highest BCUT2D eigenvalue weighted by Gasteiger charge is 2.15. The Kier molecular flexibility index (Phi) is 2.97. The molecular weight excluding hydrogens is 294 g/mol. The van der Waals surface area contributed by atoms with Crippen LogP contribution in [0, 0.1) is 0 Å². The zero-order valence-corrected chi connectivity index (χ0v) is 12.3. The second kappa shape index (κ2) is 5.13. The molecule has 0 saturated heterocycles. The van der Waals surface area contributed by atoms with Gasteiger partial charge in [0.1, 0.15) is 5.75 Å². The van der Waals surface area contributed by atoms with E-state index in [1.54, 1.807) is 31.8 Å². The normalized spacial score (nSPS) is 11.0. The van der Waals surface area contributed by atoms with Gasteiger partial charge in [-0.2, -0.15) is 5.10 Å². The van der Waals surface area contributed by atoms with Crippen LogP contribution in [0.4, 0.5) is 0 Å². The highest BCUT2D eigenvalue weighted by molar-refractivity contribution is 5.81. The van der Waals surface area contributed by atoms with Crippen molar-refractivity contribution in [1.29, 1.82) is 0 Å². The lowest BCUT2D eigenvalue weighted by atomic mass is 10.1. The molecule has 3 aromatic heterocycles. The molecule has 114 valence electrons. The lowest BCUT2D eigenvalue weighted by Crippen LogP contribution is -2.17. The van der Waals surface area contributed by atoms with E-state index >= 15 is 0 Å². The van der Waals surface area contributed by atoms with Gasteiger partial charge in [0.15, 0.2) is 5.65 Å². The molecule has 0 fully saturated rings. The highest BCUT2D eigenvalue weighted by atomic mass is 16.5. The molecule has 0 aliphatic heterocycles. The Bertz CT molecular complexity index is 1030. The van der Waals surface area contributed by atoms with E-state index in [0.29, 0.717) is 16.9 Å². The molecule has 0 saturated carbocycles. The minimum absolute atomic E-state index is 0.194. The van der Waals surface area contributed by atoms with Gasteiger partial charge in [-0.05, 0) is 12.1 Å². The zero-order chi connectivity index (χ0) is 15.8. The monoisotopic (exact) mass is 307 g/mol. The van der Waals surface area contributed by atoms with Crippen LogP contribution in [0.1, 0.15) is 0 Å². The van der Waals surface area contributed by atoms with Crippen molar-refractivity contribution in [1.82, 2.24) is 24.8 Å². The van der Waals surface area contributed by atoms with E-state index in [4.69, 9.17) is 4.74 Å². The fourth-order valence-corrected chi connectivity index (χ4v) is 2.61. The van der Waals surface area contributed by atoms with Gasteiger partial charge in [0, 0.05) is 29.7 Å². The molecule has 1 aromatic carbocycles. The van der Waals surface area contributed by atoms with Crippen molar-refractivity contribution in [3.8, 4) is 28.1 Å². The summed E-state index contributed by atoms with van der Waals surface area (Å²) in [5.74, 6) is 0.723. The van der Waals surface area contributed by atoms with Gasteiger partial charge >= 0.3 is 0 Å². The molecule has 0 aliphatic carbocycles. The number of ether oxygens (including phenoxy) is 1. The van der Waals surface area contributed by atoms with E-state index in [2.05, 4.69) is 20.3 Å². The van der Waals surface area contributed by atoms with Crippen LogP contribution in [0.5, 0.6) is 5.75 Å². The van der Waals surface area contributed by atoms with Crippen molar-refractivity contribution in [2.75, 3.05) is 7.11 Å². The summed E-state index contributed by atoms with van der Waals surface area (Å²) in [5.41, 5.74) is 3.10. The minimum atomic E-state index is -0.194. The number of benzene rings is 1. The second-order valence-corrected chi connectivity index (χ2v) is 4.99. The third kappa shape index (κ3) is 2.02. The van der Waals surface area contributed by atoms with E-state index in [1.807, 2.05) is 24.3 Å². The van der Waals surface area contributed by atoms with Gasteiger partial charge in [-0.15, -0.1) is 0 Å². The largest absolute Gasteiger partial charge is 0.496 e. The Balaban J connectivity index is 1.95. The molecule has 4 aromatic rings. The lowest BCUT2D eigenvalue weighted by Gasteiger charge is -2.06. The summed E-state index contributed by atoms with van der Waals surface area (Å²) in [4.78, 5) is 17.1. The third-order valence-electron chi connectivity index (χ3n) is 3.73. The average Bonchev–Trinajstić information content (AvgIpc) is 3.25. The van der Waals surface area contributed by atoms with E-state index in [-0.39, 0.29) is 5.56 Å². The number of para-hydroxylation sites is 1. The van der Waals surface area contributed by atoms with E-state index in [9.17, 15) is 4.79 Å². The van der Waals surface area contributed by atoms with Crippen LogP contribution in [0.3, 0.4) is 0 Å². The number of rotatable bonds is 3. The van der Waals surface area contributed by atoms with E-state index < -0.39 is 0 Å². The SMILES string of the molecule is COc1ccccc1-c1c[nH]n2c(=O)c(-c3ccn[nH]3)cnc12. The van der Waals surface area contributed by atoms with Gasteiger partial charge in [0.2, 0.25) is 0 Å². The predicted molar refractivity (Wildman–Crippen MR) is 85.4 cm³/mol. The smallest absolute Gasteiger partial charge is 0.282 e. The van der Waals surface area contributed by atoms with E-state index in [1.165, 1.54) is 4.52 Å². The Morgan fingerprint density at radius 1 is 1.13 bits per heavy atom. The number of nitrogens with one attached hydrogen (secondary N) is 2. The zero-order valence-electron chi connectivity index (χ0n) is 12.3. The van der Waals surface area contributed by atoms with Gasteiger partial charge < -0.3 is 4.74 Å². The summed E-state index contributed by atoms with van der Waals surface area (Å²) in [6.07, 6.45) is 4.90. The molecule has 3 heterocycles. The first-order valence-electron chi connectivity index (χ1n) is 7.02. The second-order valence-electron chi connectivity index (χ2n) is 4.99. The van der Waals surface area contributed by atoms with Crippen LogP contribution in [0.25, 0.3) is 28.0 Å². The standard InChI is InChI=1S/C16H13N5O2/c1-23-14-5-3-2-4-10(14)11-9-19-21-15(11)17-8-12(16(21)22)13-6-7-18-20-13/h2-9,19H,1H3,(H,18,20). The van der Waals surface area contributed by atoms with Crippen molar-refractivity contribution in [2.45, 2.75) is 0 Å². The lowest BCUT2D eigenvalue weighted by molar-refractivity contribution is 0.416. The summed E-state index contributed by atoms with van der Waals surface area (Å²) in [7, 11) is 1.61. The number of hydrogen-bond donors (Lipinski definition) is 2. The number of aromatic amines is 2. The van der Waals surface area contributed by atoms with Crippen LogP contribution in [-0.2, 0) is 0 Å². The first-order chi connectivity index (χ1) is 11.3. The number of aromatic nitrogens is 5. The van der Waals surface area contributed by atoms with Crippen molar-refractivity contribution in [2.24, 2.45) is 0 Å². The summed E-state index contributed by atoms with van der Waals surface area (Å²) in [6, 6.07) is 9.34. The van der Waals surface area contributed by atoms with Crippen molar-refractivity contribution < 1.29 is 4.74 Å². The van der Waals surface area contributed by atoms with Crippen LogP contribution in [0.2, 0.25) is 0 Å². The maximum Gasteiger partial charge on any atom is 0.282 e. The van der Waals surface area contributed by atoms with Crippen LogP contribution in [0.15, 0.2) is 53.7 Å². The van der Waals surface area contributed by atoms with E-state index in [0.717, 1.165) is 16.9 Å². The molecular formula is C16H13N5O2. The number of nitrogens with zero attached hydrogens (tertiary/aromatic N) is 3. The van der Waals surface area contributed by atoms with Crippen LogP contribution >= 0.6 is 0 Å². The summed E-state index contributed by atoms with van der Waals surface area (Å²) < 4.78 is 6.80. The average molecular weight is 307 g/mol. The van der Waals surface area contributed by atoms with Crippen molar-refractivity contribution in [3.63, 3.8) is 0 Å². The Labute approximate surface area is 130 Å². The molecule has 0 radical (unpaired) electrons. The molecule has 0 bridgehead atoms. The van der Waals surface area contributed by atoms with Gasteiger partial charge in [0.05, 0.1) is 18.4 Å². The molecule has 7 heteroatoms. The maximum absolute atomic E-state index is 12.6. The fraction of sp³-hybridized carbons (Fsp3) is 0.0625. The first kappa shape index (κ1) is 13.3. The molecule has 0 aliphatic rings. The Morgan fingerprint density at radius 2 is 2.00 bits per heavy atom. The molecule has 23 heavy (non-hydrogen) atoms. The Hall–Kier alpha value is -3.35. The highest BCUT2D eigenvalue weighted by Crippen LogP contribution is 2.31. The predicted octanol–water partition coefficient (Wildman–Crippen LogP) is 2.09. The first-order valence-corrected chi connectivity index (χ1v) is 7.02. The molecule has 7 nitrogen and oxygen atoms in total.